The van der Waals surface area contributed by atoms with Crippen molar-refractivity contribution in [1.82, 2.24) is 10.0 Å². The number of hydroxylamine groups is 1. The van der Waals surface area contributed by atoms with Crippen LogP contribution < -0.4 is 11.0 Å². The van der Waals surface area contributed by atoms with E-state index in [9.17, 15) is 14.9 Å². The van der Waals surface area contributed by atoms with Crippen molar-refractivity contribution in [1.29, 1.82) is 5.26 Å². The number of nitriles is 1. The number of unbranched alkanes of at least 4 members (excludes halogenated alkanes) is 1. The van der Waals surface area contributed by atoms with Crippen molar-refractivity contribution in [3.8, 4) is 28.5 Å². The summed E-state index contributed by atoms with van der Waals surface area (Å²) in [6, 6.07) is 22.9. The average molecular weight is 387 g/mol. The van der Waals surface area contributed by atoms with Crippen LogP contribution in [0.5, 0.6) is 0 Å². The predicted molar refractivity (Wildman–Crippen MR) is 110 cm³/mol. The first-order chi connectivity index (χ1) is 14.2. The minimum Gasteiger partial charge on any atom is -0.307 e. The van der Waals surface area contributed by atoms with Gasteiger partial charge in [0.1, 0.15) is 11.6 Å². The molecule has 6 heteroatoms. The van der Waals surface area contributed by atoms with Crippen molar-refractivity contribution < 1.29 is 10.0 Å². The third-order valence-corrected chi connectivity index (χ3v) is 4.73. The summed E-state index contributed by atoms with van der Waals surface area (Å²) in [5.74, 6) is -0.460. The van der Waals surface area contributed by atoms with Gasteiger partial charge in [0.15, 0.2) is 0 Å². The summed E-state index contributed by atoms with van der Waals surface area (Å²) in [5.41, 5.74) is 4.37. The maximum atomic E-state index is 13.2. The molecule has 3 aromatic rings. The van der Waals surface area contributed by atoms with E-state index in [-0.39, 0.29) is 17.5 Å². The van der Waals surface area contributed by atoms with Crippen LogP contribution in [0.25, 0.3) is 22.4 Å². The van der Waals surface area contributed by atoms with Gasteiger partial charge in [-0.15, -0.1) is 0 Å². The molecule has 0 radical (unpaired) electrons. The lowest BCUT2D eigenvalue weighted by Crippen LogP contribution is -2.25. The van der Waals surface area contributed by atoms with Crippen LogP contribution in [0.4, 0.5) is 0 Å². The van der Waals surface area contributed by atoms with Gasteiger partial charge in [0.25, 0.3) is 5.56 Å². The summed E-state index contributed by atoms with van der Waals surface area (Å²) in [6.07, 6.45) is 1.23. The Hall–Kier alpha value is -3.69. The number of carbonyl (C=O) groups excluding carboxylic acids is 1. The summed E-state index contributed by atoms with van der Waals surface area (Å²) < 4.78 is 1.59. The monoisotopic (exact) mass is 387 g/mol. The van der Waals surface area contributed by atoms with Gasteiger partial charge in [0.05, 0.1) is 5.69 Å². The Morgan fingerprint density at radius 1 is 1.00 bits per heavy atom. The molecule has 2 aromatic carbocycles. The van der Waals surface area contributed by atoms with Crippen molar-refractivity contribution in [3.05, 3.63) is 82.6 Å². The van der Waals surface area contributed by atoms with E-state index in [0.29, 0.717) is 24.9 Å². The zero-order valence-electron chi connectivity index (χ0n) is 15.8. The van der Waals surface area contributed by atoms with Crippen molar-refractivity contribution in [3.63, 3.8) is 0 Å². The van der Waals surface area contributed by atoms with E-state index in [2.05, 4.69) is 6.07 Å². The van der Waals surface area contributed by atoms with Gasteiger partial charge in [-0.25, -0.2) is 5.48 Å². The van der Waals surface area contributed by atoms with Crippen LogP contribution in [-0.4, -0.2) is 15.7 Å². The third-order valence-electron chi connectivity index (χ3n) is 4.73. The van der Waals surface area contributed by atoms with E-state index in [1.165, 1.54) is 0 Å². The zero-order chi connectivity index (χ0) is 20.6. The van der Waals surface area contributed by atoms with Crippen LogP contribution in [0, 0.1) is 11.3 Å². The van der Waals surface area contributed by atoms with Crippen LogP contribution in [-0.2, 0) is 11.3 Å². The highest BCUT2D eigenvalue weighted by atomic mass is 16.5. The van der Waals surface area contributed by atoms with Crippen LogP contribution in [0.15, 0.2) is 71.5 Å². The lowest BCUT2D eigenvalue weighted by molar-refractivity contribution is -0.129. The van der Waals surface area contributed by atoms with Crippen molar-refractivity contribution in [2.75, 3.05) is 0 Å². The minimum absolute atomic E-state index is 0.101. The molecule has 1 heterocycles. The zero-order valence-corrected chi connectivity index (χ0v) is 15.8. The Bertz CT molecular complexity index is 1080. The molecule has 0 aliphatic heterocycles. The fourth-order valence-electron chi connectivity index (χ4n) is 3.28. The average Bonchev–Trinajstić information content (AvgIpc) is 2.78. The number of hydrogen-bond acceptors (Lipinski definition) is 4. The van der Waals surface area contributed by atoms with Crippen molar-refractivity contribution >= 4 is 5.91 Å². The van der Waals surface area contributed by atoms with Gasteiger partial charge in [-0.1, -0.05) is 60.7 Å². The highest BCUT2D eigenvalue weighted by Crippen LogP contribution is 2.27. The normalized spacial score (nSPS) is 10.3. The number of hydrogen-bond donors (Lipinski definition) is 2. The summed E-state index contributed by atoms with van der Waals surface area (Å²) in [5, 5.41) is 18.3. The second kappa shape index (κ2) is 9.49. The number of nitrogens with one attached hydrogen (secondary N) is 1. The third kappa shape index (κ3) is 4.60. The highest BCUT2D eigenvalue weighted by Gasteiger charge is 2.17. The Balaban J connectivity index is 2.08. The molecule has 0 atom stereocenters. The Labute approximate surface area is 168 Å². The van der Waals surface area contributed by atoms with E-state index < -0.39 is 5.91 Å². The molecule has 0 spiro atoms. The fourth-order valence-corrected chi connectivity index (χ4v) is 3.28. The molecule has 0 unspecified atom stereocenters. The number of carbonyl (C=O) groups is 1. The first-order valence-corrected chi connectivity index (χ1v) is 9.37. The van der Waals surface area contributed by atoms with Crippen LogP contribution in [0.2, 0.25) is 0 Å². The molecule has 2 N–H and O–H groups in total. The Morgan fingerprint density at radius 2 is 1.62 bits per heavy atom. The van der Waals surface area contributed by atoms with Crippen molar-refractivity contribution in [2.24, 2.45) is 0 Å². The summed E-state index contributed by atoms with van der Waals surface area (Å²) in [4.78, 5) is 24.4. The molecule has 1 aromatic heterocycles. The molecule has 0 aliphatic rings. The topological polar surface area (TPSA) is 95.1 Å². The summed E-state index contributed by atoms with van der Waals surface area (Å²) in [7, 11) is 0. The van der Waals surface area contributed by atoms with E-state index in [4.69, 9.17) is 5.21 Å². The standard InChI is InChI=1S/C23H21N3O3/c24-16-20-19(17-9-3-1-4-10-17)15-21(18-11-5-2-6-12-18)26(23(20)28)14-8-7-13-22(27)25-29/h1-6,9-12,15,29H,7-8,13-14H2,(H,25,27). The first kappa shape index (κ1) is 20.1. The van der Waals surface area contributed by atoms with Crippen LogP contribution >= 0.6 is 0 Å². The number of benzene rings is 2. The van der Waals surface area contributed by atoms with E-state index in [1.54, 1.807) is 10.0 Å². The molecule has 0 saturated heterocycles. The maximum absolute atomic E-state index is 13.2. The van der Waals surface area contributed by atoms with Gasteiger partial charge in [-0.3, -0.25) is 14.8 Å². The van der Waals surface area contributed by atoms with E-state index in [0.717, 1.165) is 16.8 Å². The molecule has 3 rings (SSSR count). The molecule has 0 bridgehead atoms. The highest BCUT2D eigenvalue weighted by molar-refractivity contribution is 5.76. The largest absolute Gasteiger partial charge is 0.307 e. The van der Waals surface area contributed by atoms with E-state index >= 15 is 0 Å². The summed E-state index contributed by atoms with van der Waals surface area (Å²) >= 11 is 0. The molecular weight excluding hydrogens is 366 g/mol. The van der Waals surface area contributed by atoms with Crippen molar-refractivity contribution in [2.45, 2.75) is 25.8 Å². The Morgan fingerprint density at radius 3 is 2.21 bits per heavy atom. The fraction of sp³-hybridized carbons (Fsp3) is 0.174. The molecule has 0 saturated carbocycles. The van der Waals surface area contributed by atoms with Gasteiger partial charge in [0.2, 0.25) is 5.91 Å². The molecule has 146 valence electrons. The van der Waals surface area contributed by atoms with Gasteiger partial charge in [-0.05, 0) is 30.0 Å². The maximum Gasteiger partial charge on any atom is 0.269 e. The smallest absolute Gasteiger partial charge is 0.269 e. The predicted octanol–water partition coefficient (Wildman–Crippen LogP) is 3.73. The molecule has 0 aliphatic carbocycles. The quantitative estimate of drug-likeness (QED) is 0.367. The summed E-state index contributed by atoms with van der Waals surface area (Å²) in [6.45, 7) is 0.367. The van der Waals surface area contributed by atoms with Gasteiger partial charge in [-0.2, -0.15) is 5.26 Å². The minimum atomic E-state index is -0.460. The first-order valence-electron chi connectivity index (χ1n) is 9.37. The number of nitrogens with zero attached hydrogens (tertiary/aromatic N) is 2. The lowest BCUT2D eigenvalue weighted by Gasteiger charge is -2.16. The molecular formula is C23H21N3O3. The second-order valence-corrected chi connectivity index (χ2v) is 6.61. The van der Waals surface area contributed by atoms with Crippen LogP contribution in [0.3, 0.4) is 0 Å². The van der Waals surface area contributed by atoms with Gasteiger partial charge in [0, 0.05) is 18.5 Å². The lowest BCUT2D eigenvalue weighted by atomic mass is 9.98. The van der Waals surface area contributed by atoms with E-state index in [1.807, 2.05) is 66.7 Å². The van der Waals surface area contributed by atoms with Crippen LogP contribution in [0.1, 0.15) is 24.8 Å². The number of pyridine rings is 1. The molecule has 1 amide bonds. The number of rotatable bonds is 7. The van der Waals surface area contributed by atoms with Gasteiger partial charge < -0.3 is 4.57 Å². The SMILES string of the molecule is N#Cc1c(-c2ccccc2)cc(-c2ccccc2)n(CCCCC(=O)NO)c1=O. The van der Waals surface area contributed by atoms with Gasteiger partial charge >= 0.3 is 0 Å². The second-order valence-electron chi connectivity index (χ2n) is 6.61. The molecule has 0 fully saturated rings. The number of aromatic nitrogens is 1. The molecule has 6 nitrogen and oxygen atoms in total. The number of amides is 1. The Kier molecular flexibility index (Phi) is 6.56. The molecule has 29 heavy (non-hydrogen) atoms.